The fourth-order valence-electron chi connectivity index (χ4n) is 3.72. The van der Waals surface area contributed by atoms with E-state index < -0.39 is 0 Å². The molecule has 0 atom stereocenters. The highest BCUT2D eigenvalue weighted by molar-refractivity contribution is 7.13. The van der Waals surface area contributed by atoms with Crippen molar-refractivity contribution in [3.05, 3.63) is 70.6 Å². The second-order valence-electron chi connectivity index (χ2n) is 7.12. The molecular weight excluding hydrogens is 398 g/mol. The van der Waals surface area contributed by atoms with Crippen molar-refractivity contribution in [1.29, 1.82) is 0 Å². The maximum Gasteiger partial charge on any atom is 0.328 e. The van der Waals surface area contributed by atoms with Crippen LogP contribution in [-0.2, 0) is 14.1 Å². The monoisotopic (exact) mass is 417 g/mol. The Hall–Kier alpha value is -3.78. The van der Waals surface area contributed by atoms with E-state index in [2.05, 4.69) is 4.98 Å². The number of aromatic nitrogens is 4. The predicted octanol–water partition coefficient (Wildman–Crippen LogP) is 3.75. The first-order valence-electron chi connectivity index (χ1n) is 9.32. The van der Waals surface area contributed by atoms with Crippen molar-refractivity contribution in [3.8, 4) is 33.3 Å². The second-order valence-corrected chi connectivity index (χ2v) is 7.98. The first-order valence-corrected chi connectivity index (χ1v) is 10.2. The van der Waals surface area contributed by atoms with E-state index in [9.17, 15) is 9.90 Å². The number of fused-ring (bicyclic) bond motifs is 1. The minimum absolute atomic E-state index is 0.0588. The van der Waals surface area contributed by atoms with Gasteiger partial charge in [-0.3, -0.25) is 13.7 Å². The van der Waals surface area contributed by atoms with E-state index in [1.807, 2.05) is 53.9 Å². The Balaban J connectivity index is 1.61. The van der Waals surface area contributed by atoms with Crippen LogP contribution in [0.25, 0.3) is 38.5 Å². The minimum Gasteiger partial charge on any atom is -0.506 e. The number of anilines is 1. The first kappa shape index (κ1) is 18.3. The van der Waals surface area contributed by atoms with E-state index in [0.29, 0.717) is 16.4 Å². The van der Waals surface area contributed by atoms with Crippen molar-refractivity contribution >= 4 is 28.2 Å². The summed E-state index contributed by atoms with van der Waals surface area (Å²) in [4.78, 5) is 16.9. The number of nitrogens with two attached hydrogens (primary N) is 1. The van der Waals surface area contributed by atoms with E-state index in [4.69, 9.17) is 5.73 Å². The summed E-state index contributed by atoms with van der Waals surface area (Å²) in [6, 6.07) is 15.5. The van der Waals surface area contributed by atoms with Crippen LogP contribution >= 0.6 is 11.3 Å². The van der Waals surface area contributed by atoms with Gasteiger partial charge in [0.15, 0.2) is 0 Å². The van der Waals surface area contributed by atoms with Crippen molar-refractivity contribution < 1.29 is 5.11 Å². The van der Waals surface area contributed by atoms with Gasteiger partial charge in [0.25, 0.3) is 0 Å². The zero-order valence-electron chi connectivity index (χ0n) is 16.4. The van der Waals surface area contributed by atoms with E-state index in [-0.39, 0.29) is 11.4 Å². The van der Waals surface area contributed by atoms with Crippen molar-refractivity contribution in [2.24, 2.45) is 14.1 Å². The summed E-state index contributed by atoms with van der Waals surface area (Å²) in [7, 11) is 3.47. The minimum atomic E-state index is -0.0950. The summed E-state index contributed by atoms with van der Waals surface area (Å²) in [6.07, 6.45) is 1.58. The fraction of sp³-hybridized carbons (Fsp3) is 0.0909. The van der Waals surface area contributed by atoms with Crippen LogP contribution in [0.2, 0.25) is 0 Å². The van der Waals surface area contributed by atoms with Crippen LogP contribution in [0.5, 0.6) is 5.75 Å². The zero-order valence-corrected chi connectivity index (χ0v) is 17.2. The lowest BCUT2D eigenvalue weighted by atomic mass is 10.2. The number of aryl methyl sites for hydroxylation is 2. The molecule has 3 aromatic heterocycles. The van der Waals surface area contributed by atoms with E-state index >= 15 is 0 Å². The third-order valence-corrected chi connectivity index (χ3v) is 6.20. The lowest BCUT2D eigenvalue weighted by molar-refractivity contribution is 0.477. The summed E-state index contributed by atoms with van der Waals surface area (Å²) < 4.78 is 4.90. The van der Waals surface area contributed by atoms with Crippen molar-refractivity contribution in [1.82, 2.24) is 18.7 Å². The number of aromatic hydroxyl groups is 1. The molecule has 5 rings (SSSR count). The van der Waals surface area contributed by atoms with Crippen LogP contribution in [-0.4, -0.2) is 23.8 Å². The van der Waals surface area contributed by atoms with Gasteiger partial charge >= 0.3 is 5.69 Å². The van der Waals surface area contributed by atoms with Crippen molar-refractivity contribution in [2.75, 3.05) is 5.73 Å². The van der Waals surface area contributed by atoms with Crippen LogP contribution in [0.4, 0.5) is 5.82 Å². The van der Waals surface area contributed by atoms with E-state index in [1.165, 1.54) is 11.3 Å². The third kappa shape index (κ3) is 2.65. The quantitative estimate of drug-likeness (QED) is 0.468. The van der Waals surface area contributed by atoms with Gasteiger partial charge in [0.2, 0.25) is 0 Å². The molecule has 3 heterocycles. The zero-order chi connectivity index (χ0) is 21.0. The molecule has 0 bridgehead atoms. The van der Waals surface area contributed by atoms with Gasteiger partial charge in [-0.2, -0.15) is 0 Å². The van der Waals surface area contributed by atoms with Crippen LogP contribution in [0.3, 0.4) is 0 Å². The van der Waals surface area contributed by atoms with E-state index in [1.54, 1.807) is 34.0 Å². The molecule has 0 unspecified atom stereocenters. The standard InChI is InChI=1S/C22H19N5O2S/c1-25-16-9-8-14(10-17(16)26(2)22(25)29)27-11-18(28)19(20(27)23)21-24-15(12-30-21)13-6-4-3-5-7-13/h3-12,28H,23H2,1-2H3. The number of hydrogen-bond donors (Lipinski definition) is 2. The van der Waals surface area contributed by atoms with Crippen LogP contribution in [0.15, 0.2) is 64.9 Å². The van der Waals surface area contributed by atoms with Crippen molar-refractivity contribution in [3.63, 3.8) is 0 Å². The maximum atomic E-state index is 12.2. The van der Waals surface area contributed by atoms with Crippen molar-refractivity contribution in [2.45, 2.75) is 0 Å². The topological polar surface area (TPSA) is 91.0 Å². The molecule has 0 spiro atoms. The highest BCUT2D eigenvalue weighted by Gasteiger charge is 2.20. The fourth-order valence-corrected chi connectivity index (χ4v) is 4.61. The smallest absolute Gasteiger partial charge is 0.328 e. The molecule has 8 heteroatoms. The number of benzene rings is 2. The predicted molar refractivity (Wildman–Crippen MR) is 120 cm³/mol. The Labute approximate surface area is 175 Å². The average Bonchev–Trinajstić information content (AvgIpc) is 3.41. The number of nitrogen functional groups attached to an aromatic ring is 1. The Morgan fingerprint density at radius 2 is 1.77 bits per heavy atom. The molecule has 150 valence electrons. The number of nitrogens with zero attached hydrogens (tertiary/aromatic N) is 4. The Kier molecular flexibility index (Phi) is 4.04. The Morgan fingerprint density at radius 3 is 2.53 bits per heavy atom. The lowest BCUT2D eigenvalue weighted by Gasteiger charge is -2.07. The second kappa shape index (κ2) is 6.64. The molecule has 2 aromatic carbocycles. The summed E-state index contributed by atoms with van der Waals surface area (Å²) in [5.74, 6) is 0.449. The molecule has 7 nitrogen and oxygen atoms in total. The Morgan fingerprint density at radius 1 is 1.03 bits per heavy atom. The van der Waals surface area contributed by atoms with Gasteiger partial charge in [-0.05, 0) is 18.2 Å². The number of hydrogen-bond acceptors (Lipinski definition) is 5. The molecule has 0 saturated carbocycles. The molecule has 0 saturated heterocycles. The van der Waals surface area contributed by atoms with Gasteiger partial charge in [-0.1, -0.05) is 30.3 Å². The van der Waals surface area contributed by atoms with Gasteiger partial charge in [0.05, 0.1) is 28.5 Å². The first-order chi connectivity index (χ1) is 14.5. The lowest BCUT2D eigenvalue weighted by Crippen LogP contribution is -2.19. The highest BCUT2D eigenvalue weighted by Crippen LogP contribution is 2.41. The van der Waals surface area contributed by atoms with E-state index in [0.717, 1.165) is 28.0 Å². The summed E-state index contributed by atoms with van der Waals surface area (Å²) >= 11 is 1.43. The van der Waals surface area contributed by atoms with Crippen LogP contribution in [0.1, 0.15) is 0 Å². The van der Waals surface area contributed by atoms with Gasteiger partial charge < -0.3 is 10.8 Å². The van der Waals surface area contributed by atoms with Gasteiger partial charge in [0, 0.05) is 30.7 Å². The number of imidazole rings is 1. The summed E-state index contributed by atoms with van der Waals surface area (Å²) in [6.45, 7) is 0. The largest absolute Gasteiger partial charge is 0.506 e. The molecular formula is C22H19N5O2S. The summed E-state index contributed by atoms with van der Waals surface area (Å²) in [5, 5.41) is 13.2. The molecule has 0 amide bonds. The normalized spacial score (nSPS) is 11.4. The molecule has 0 aliphatic heterocycles. The molecule has 3 N–H and O–H groups in total. The molecule has 0 aliphatic carbocycles. The molecule has 5 aromatic rings. The summed E-state index contributed by atoms with van der Waals surface area (Å²) in [5.41, 5.74) is 11.0. The SMILES string of the molecule is Cn1c(=O)n(C)c2cc(-n3cc(O)c(-c4nc(-c5ccccc5)cs4)c3N)ccc21. The Bertz CT molecular complexity index is 1460. The molecule has 0 radical (unpaired) electrons. The van der Waals surface area contributed by atoms with Gasteiger partial charge in [0.1, 0.15) is 16.6 Å². The van der Waals surface area contributed by atoms with Crippen LogP contribution in [0, 0.1) is 0 Å². The highest BCUT2D eigenvalue weighted by atomic mass is 32.1. The maximum absolute atomic E-state index is 12.2. The molecule has 30 heavy (non-hydrogen) atoms. The molecule has 0 fully saturated rings. The van der Waals surface area contributed by atoms with Crippen LogP contribution < -0.4 is 11.4 Å². The number of rotatable bonds is 3. The third-order valence-electron chi connectivity index (χ3n) is 5.34. The molecule has 0 aliphatic rings. The van der Waals surface area contributed by atoms with Gasteiger partial charge in [-0.15, -0.1) is 11.3 Å². The number of thiazole rings is 1. The average molecular weight is 417 g/mol. The van der Waals surface area contributed by atoms with Gasteiger partial charge in [-0.25, -0.2) is 9.78 Å².